The number of amides is 2. The zero-order valence-electron chi connectivity index (χ0n) is 20.9. The van der Waals surface area contributed by atoms with E-state index in [4.69, 9.17) is 4.42 Å². The molecule has 9 nitrogen and oxygen atoms in total. The van der Waals surface area contributed by atoms with E-state index < -0.39 is 0 Å². The van der Waals surface area contributed by atoms with E-state index >= 15 is 0 Å². The molecule has 1 N–H and O–H groups in total. The maximum absolute atomic E-state index is 13.3. The summed E-state index contributed by atoms with van der Waals surface area (Å²) >= 11 is 1.18. The summed E-state index contributed by atoms with van der Waals surface area (Å²) in [5, 5.41) is 3.71. The number of fused-ring (bicyclic) bond motifs is 1. The summed E-state index contributed by atoms with van der Waals surface area (Å²) in [7, 11) is 0. The number of furan rings is 1. The highest BCUT2D eigenvalue weighted by Gasteiger charge is 2.22. The Balaban J connectivity index is 1.23. The van der Waals surface area contributed by atoms with Crippen LogP contribution in [-0.2, 0) is 22.7 Å². The third-order valence-corrected chi connectivity index (χ3v) is 7.48. The van der Waals surface area contributed by atoms with E-state index in [-0.39, 0.29) is 42.6 Å². The Hall–Kier alpha value is -4.05. The molecule has 1 saturated heterocycles. The lowest BCUT2D eigenvalue weighted by atomic mass is 10.2. The summed E-state index contributed by atoms with van der Waals surface area (Å²) in [6, 6.07) is 20.8. The second kappa shape index (κ2) is 12.0. The molecule has 4 aromatic rings. The van der Waals surface area contributed by atoms with Gasteiger partial charge in [0.1, 0.15) is 5.76 Å². The number of hydrogen-bond donors (Lipinski definition) is 1. The maximum Gasteiger partial charge on any atom is 0.262 e. The summed E-state index contributed by atoms with van der Waals surface area (Å²) in [6.07, 6.45) is 1.74. The molecule has 196 valence electrons. The molecule has 1 fully saturated rings. The van der Waals surface area contributed by atoms with Crippen molar-refractivity contribution in [3.8, 4) is 0 Å². The van der Waals surface area contributed by atoms with Gasteiger partial charge in [-0.05, 0) is 36.4 Å². The fourth-order valence-electron chi connectivity index (χ4n) is 4.45. The van der Waals surface area contributed by atoms with E-state index in [1.54, 1.807) is 36.6 Å². The van der Waals surface area contributed by atoms with Crippen molar-refractivity contribution in [2.75, 3.05) is 36.8 Å². The van der Waals surface area contributed by atoms with Gasteiger partial charge in [-0.1, -0.05) is 42.1 Å². The van der Waals surface area contributed by atoms with Gasteiger partial charge in [0.2, 0.25) is 11.8 Å². The third-order valence-electron chi connectivity index (χ3n) is 6.50. The highest BCUT2D eigenvalue weighted by molar-refractivity contribution is 7.99. The number of rotatable bonds is 9. The molecule has 1 aliphatic rings. The molecule has 10 heteroatoms. The molecular formula is C28H29N5O4S. The standard InChI is InChI=1S/C28H29N5O4S/c34-25(29-19-22-9-6-18-37-22)20-38-28-30-24-11-5-4-10-23(24)27(36)33(28)13-12-26(35)32-16-14-31(15-17-32)21-7-2-1-3-8-21/h1-11,18H,12-17,19-20H2,(H,29,34). The van der Waals surface area contributed by atoms with Gasteiger partial charge < -0.3 is 19.5 Å². The van der Waals surface area contributed by atoms with Crippen LogP contribution in [0.4, 0.5) is 5.69 Å². The smallest absolute Gasteiger partial charge is 0.262 e. The van der Waals surface area contributed by atoms with Crippen LogP contribution in [-0.4, -0.2) is 58.2 Å². The number of nitrogens with zero attached hydrogens (tertiary/aromatic N) is 4. The van der Waals surface area contributed by atoms with Crippen LogP contribution in [0.2, 0.25) is 0 Å². The van der Waals surface area contributed by atoms with Gasteiger partial charge in [-0.3, -0.25) is 19.0 Å². The molecule has 2 aromatic carbocycles. The first kappa shape index (κ1) is 25.6. The van der Waals surface area contributed by atoms with E-state index in [0.717, 1.165) is 18.8 Å². The lowest BCUT2D eigenvalue weighted by molar-refractivity contribution is -0.131. The van der Waals surface area contributed by atoms with Crippen LogP contribution in [0.15, 0.2) is 87.4 Å². The number of carbonyl (C=O) groups is 2. The minimum Gasteiger partial charge on any atom is -0.467 e. The number of para-hydroxylation sites is 2. The number of aromatic nitrogens is 2. The largest absolute Gasteiger partial charge is 0.467 e. The highest BCUT2D eigenvalue weighted by Crippen LogP contribution is 2.19. The Morgan fingerprint density at radius 3 is 2.47 bits per heavy atom. The number of nitrogens with one attached hydrogen (secondary N) is 1. The van der Waals surface area contributed by atoms with Gasteiger partial charge in [-0.2, -0.15) is 0 Å². The van der Waals surface area contributed by atoms with Gasteiger partial charge in [0, 0.05) is 44.8 Å². The number of piperazine rings is 1. The number of carbonyl (C=O) groups excluding carboxylic acids is 2. The quantitative estimate of drug-likeness (QED) is 0.262. The van der Waals surface area contributed by atoms with E-state index in [1.165, 1.54) is 16.3 Å². The van der Waals surface area contributed by atoms with Crippen molar-refractivity contribution in [2.45, 2.75) is 24.7 Å². The topological polar surface area (TPSA) is 101 Å². The molecule has 1 aliphatic heterocycles. The maximum atomic E-state index is 13.3. The van der Waals surface area contributed by atoms with E-state index in [9.17, 15) is 14.4 Å². The molecule has 0 radical (unpaired) electrons. The predicted octanol–water partition coefficient (Wildman–Crippen LogP) is 3.14. The first-order valence-corrected chi connectivity index (χ1v) is 13.6. The lowest BCUT2D eigenvalue weighted by Gasteiger charge is -2.36. The Kier molecular flexibility index (Phi) is 8.08. The van der Waals surface area contributed by atoms with Crippen LogP contribution in [0.1, 0.15) is 12.2 Å². The molecule has 5 rings (SSSR count). The zero-order valence-corrected chi connectivity index (χ0v) is 21.7. The first-order chi connectivity index (χ1) is 18.6. The van der Waals surface area contributed by atoms with Crippen molar-refractivity contribution >= 4 is 40.2 Å². The van der Waals surface area contributed by atoms with E-state index in [1.807, 2.05) is 29.2 Å². The predicted molar refractivity (Wildman–Crippen MR) is 147 cm³/mol. The van der Waals surface area contributed by atoms with Crippen molar-refractivity contribution in [2.24, 2.45) is 0 Å². The second-order valence-corrected chi connectivity index (χ2v) is 9.91. The molecule has 2 aromatic heterocycles. The van der Waals surface area contributed by atoms with E-state index in [2.05, 4.69) is 27.3 Å². The summed E-state index contributed by atoms with van der Waals surface area (Å²) in [5.41, 5.74) is 1.51. The average Bonchev–Trinajstić information content (AvgIpc) is 3.49. The van der Waals surface area contributed by atoms with Gasteiger partial charge in [0.05, 0.1) is 29.5 Å². The molecule has 0 bridgehead atoms. The Morgan fingerprint density at radius 2 is 1.71 bits per heavy atom. The minimum absolute atomic E-state index is 0.00455. The van der Waals surface area contributed by atoms with Crippen LogP contribution in [0.5, 0.6) is 0 Å². The van der Waals surface area contributed by atoms with Gasteiger partial charge in [-0.25, -0.2) is 4.98 Å². The summed E-state index contributed by atoms with van der Waals surface area (Å²) in [6.45, 7) is 3.29. The van der Waals surface area contributed by atoms with Crippen molar-refractivity contribution < 1.29 is 14.0 Å². The van der Waals surface area contributed by atoms with Gasteiger partial charge in [0.15, 0.2) is 5.16 Å². The van der Waals surface area contributed by atoms with Crippen LogP contribution < -0.4 is 15.8 Å². The summed E-state index contributed by atoms with van der Waals surface area (Å²) in [5.74, 6) is 0.547. The van der Waals surface area contributed by atoms with Gasteiger partial charge >= 0.3 is 0 Å². The van der Waals surface area contributed by atoms with Gasteiger partial charge in [0.25, 0.3) is 5.56 Å². The Bertz CT molecular complexity index is 1450. The fourth-order valence-corrected chi connectivity index (χ4v) is 5.31. The molecule has 0 saturated carbocycles. The highest BCUT2D eigenvalue weighted by atomic mass is 32.2. The monoisotopic (exact) mass is 531 g/mol. The molecular weight excluding hydrogens is 502 g/mol. The molecule has 2 amide bonds. The van der Waals surface area contributed by atoms with Crippen LogP contribution >= 0.6 is 11.8 Å². The number of thioether (sulfide) groups is 1. The number of hydrogen-bond acceptors (Lipinski definition) is 7. The summed E-state index contributed by atoms with van der Waals surface area (Å²) in [4.78, 5) is 47.6. The lowest BCUT2D eigenvalue weighted by Crippen LogP contribution is -2.49. The van der Waals surface area contributed by atoms with E-state index in [0.29, 0.717) is 34.9 Å². The Labute approximate surface area is 224 Å². The van der Waals surface area contributed by atoms with Crippen molar-refractivity contribution in [3.63, 3.8) is 0 Å². The minimum atomic E-state index is -0.212. The van der Waals surface area contributed by atoms with Gasteiger partial charge in [-0.15, -0.1) is 0 Å². The fraction of sp³-hybridized carbons (Fsp3) is 0.286. The van der Waals surface area contributed by atoms with Crippen molar-refractivity contribution in [1.82, 2.24) is 19.8 Å². The first-order valence-electron chi connectivity index (χ1n) is 12.6. The molecule has 0 spiro atoms. The molecule has 0 atom stereocenters. The molecule has 3 heterocycles. The second-order valence-electron chi connectivity index (χ2n) is 8.97. The number of anilines is 1. The Morgan fingerprint density at radius 1 is 0.947 bits per heavy atom. The van der Waals surface area contributed by atoms with Crippen molar-refractivity contribution in [1.29, 1.82) is 0 Å². The van der Waals surface area contributed by atoms with Crippen LogP contribution in [0.25, 0.3) is 10.9 Å². The third kappa shape index (κ3) is 6.08. The molecule has 0 aliphatic carbocycles. The number of benzene rings is 2. The molecule has 0 unspecified atom stereocenters. The average molecular weight is 532 g/mol. The summed E-state index contributed by atoms with van der Waals surface area (Å²) < 4.78 is 6.76. The SMILES string of the molecule is O=C(CSc1nc2ccccc2c(=O)n1CCC(=O)N1CCN(c2ccccc2)CC1)NCc1ccco1. The van der Waals surface area contributed by atoms with Crippen LogP contribution in [0.3, 0.4) is 0 Å². The van der Waals surface area contributed by atoms with Crippen LogP contribution in [0, 0.1) is 0 Å². The van der Waals surface area contributed by atoms with Crippen molar-refractivity contribution in [3.05, 3.63) is 89.1 Å². The zero-order chi connectivity index (χ0) is 26.3. The normalized spacial score (nSPS) is 13.6. The molecule has 38 heavy (non-hydrogen) atoms.